The summed E-state index contributed by atoms with van der Waals surface area (Å²) in [6.45, 7) is 0. The molecule has 20 heavy (non-hydrogen) atoms. The molecule has 1 N–H and O–H groups in total. The fourth-order valence-electron chi connectivity index (χ4n) is 1.37. The third-order valence-corrected chi connectivity index (χ3v) is 3.94. The molecule has 0 saturated heterocycles. The molecule has 0 aliphatic heterocycles. The number of alkyl halides is 1. The number of benzene rings is 1. The third-order valence-electron chi connectivity index (χ3n) is 2.30. The smallest absolute Gasteiger partial charge is 0.250 e. The highest BCUT2D eigenvalue weighted by atomic mass is 35.5. The fourth-order valence-corrected chi connectivity index (χ4v) is 2.79. The lowest BCUT2D eigenvalue weighted by Crippen LogP contribution is -2.07. The first-order valence-electron chi connectivity index (χ1n) is 5.53. The fraction of sp³-hybridized carbons (Fsp3) is 0.0769. The maximum Gasteiger partial charge on any atom is 0.250 e. The molecule has 0 saturated carbocycles. The van der Waals surface area contributed by atoms with Crippen molar-refractivity contribution in [2.45, 2.75) is 5.88 Å². The second-order valence-electron chi connectivity index (χ2n) is 3.77. The van der Waals surface area contributed by atoms with E-state index in [1.165, 1.54) is 17.4 Å². The topological polar surface area (TPSA) is 42.0 Å². The summed E-state index contributed by atoms with van der Waals surface area (Å²) in [5, 5.41) is 5.99. The van der Waals surface area contributed by atoms with Gasteiger partial charge in [-0.25, -0.2) is 4.98 Å². The van der Waals surface area contributed by atoms with Crippen LogP contribution in [-0.2, 0) is 10.7 Å². The van der Waals surface area contributed by atoms with Crippen LogP contribution in [0.25, 0.3) is 6.08 Å². The zero-order valence-corrected chi connectivity index (χ0v) is 13.2. The lowest BCUT2D eigenvalue weighted by Gasteiger charge is -1.99. The number of amides is 1. The zero-order valence-electron chi connectivity index (χ0n) is 10.1. The van der Waals surface area contributed by atoms with E-state index in [9.17, 15) is 4.79 Å². The van der Waals surface area contributed by atoms with Crippen LogP contribution < -0.4 is 5.32 Å². The van der Waals surface area contributed by atoms with Gasteiger partial charge < -0.3 is 0 Å². The van der Waals surface area contributed by atoms with Gasteiger partial charge in [-0.3, -0.25) is 10.1 Å². The molecule has 0 unspecified atom stereocenters. The number of thiazole rings is 1. The number of nitrogens with zero attached hydrogens (tertiary/aromatic N) is 1. The van der Waals surface area contributed by atoms with Crippen molar-refractivity contribution in [2.24, 2.45) is 0 Å². The number of rotatable bonds is 4. The summed E-state index contributed by atoms with van der Waals surface area (Å²) in [7, 11) is 0. The van der Waals surface area contributed by atoms with E-state index in [0.29, 0.717) is 26.6 Å². The molecule has 2 rings (SSSR count). The number of nitrogens with one attached hydrogen (secondary N) is 1. The first-order chi connectivity index (χ1) is 9.58. The molecule has 3 nitrogen and oxygen atoms in total. The largest absolute Gasteiger partial charge is 0.298 e. The van der Waals surface area contributed by atoms with Crippen LogP contribution in [0, 0.1) is 0 Å². The summed E-state index contributed by atoms with van der Waals surface area (Å²) >= 11 is 18.8. The van der Waals surface area contributed by atoms with Crippen molar-refractivity contribution < 1.29 is 4.79 Å². The molecule has 1 heterocycles. The van der Waals surface area contributed by atoms with Gasteiger partial charge in [0, 0.05) is 21.5 Å². The Kier molecular flexibility index (Phi) is 5.43. The van der Waals surface area contributed by atoms with Crippen LogP contribution in [0.5, 0.6) is 0 Å². The molecule has 104 valence electrons. The normalized spacial score (nSPS) is 10.9. The van der Waals surface area contributed by atoms with Crippen molar-refractivity contribution in [1.82, 2.24) is 4.98 Å². The maximum atomic E-state index is 11.7. The Morgan fingerprint density at radius 3 is 2.85 bits per heavy atom. The Morgan fingerprint density at radius 2 is 2.20 bits per heavy atom. The average Bonchev–Trinajstić information content (AvgIpc) is 2.85. The number of hydrogen-bond donors (Lipinski definition) is 1. The van der Waals surface area contributed by atoms with Gasteiger partial charge in [0.1, 0.15) is 0 Å². The molecular weight excluding hydrogens is 339 g/mol. The molecule has 0 radical (unpaired) electrons. The van der Waals surface area contributed by atoms with Gasteiger partial charge in [-0.2, -0.15) is 0 Å². The Bertz CT molecular complexity index is 655. The number of aromatic nitrogens is 1. The summed E-state index contributed by atoms with van der Waals surface area (Å²) in [6.07, 6.45) is 3.00. The molecule has 1 aromatic heterocycles. The number of anilines is 1. The van der Waals surface area contributed by atoms with Crippen LogP contribution in [0.3, 0.4) is 0 Å². The SMILES string of the molecule is O=C(/C=C/c1ccc(Cl)cc1Cl)Nc1nc(CCl)cs1. The van der Waals surface area contributed by atoms with Crippen molar-refractivity contribution in [3.05, 3.63) is 51.0 Å². The molecule has 1 amide bonds. The quantitative estimate of drug-likeness (QED) is 0.635. The predicted molar refractivity (Wildman–Crippen MR) is 85.8 cm³/mol. The van der Waals surface area contributed by atoms with Gasteiger partial charge >= 0.3 is 0 Å². The summed E-state index contributed by atoms with van der Waals surface area (Å²) < 4.78 is 0. The van der Waals surface area contributed by atoms with Crippen molar-refractivity contribution in [3.8, 4) is 0 Å². The Hall–Kier alpha value is -1.07. The molecule has 0 aliphatic carbocycles. The van der Waals surface area contributed by atoms with Gasteiger partial charge in [0.25, 0.3) is 0 Å². The Balaban J connectivity index is 2.01. The van der Waals surface area contributed by atoms with Crippen molar-refractivity contribution in [3.63, 3.8) is 0 Å². The molecule has 0 bridgehead atoms. The Labute approximate surface area is 135 Å². The number of carbonyl (C=O) groups is 1. The lowest BCUT2D eigenvalue weighted by molar-refractivity contribution is -0.111. The predicted octanol–water partition coefficient (Wildman–Crippen LogP) is 4.84. The minimum Gasteiger partial charge on any atom is -0.298 e. The number of halogens is 3. The minimum atomic E-state index is -0.286. The molecule has 0 spiro atoms. The van der Waals surface area contributed by atoms with Crippen LogP contribution in [0.4, 0.5) is 5.13 Å². The summed E-state index contributed by atoms with van der Waals surface area (Å²) in [5.74, 6) is 0.0364. The second kappa shape index (κ2) is 7.09. The van der Waals surface area contributed by atoms with Crippen LogP contribution in [0.15, 0.2) is 29.7 Å². The molecule has 0 atom stereocenters. The van der Waals surface area contributed by atoms with Gasteiger partial charge in [0.15, 0.2) is 5.13 Å². The zero-order chi connectivity index (χ0) is 14.5. The second-order valence-corrected chi connectivity index (χ2v) is 5.74. The monoisotopic (exact) mass is 346 g/mol. The van der Waals surface area contributed by atoms with Crippen molar-refractivity contribution in [1.29, 1.82) is 0 Å². The van der Waals surface area contributed by atoms with Crippen LogP contribution in [-0.4, -0.2) is 10.9 Å². The third kappa shape index (κ3) is 4.21. The Morgan fingerprint density at radius 1 is 1.40 bits per heavy atom. The number of carbonyl (C=O) groups excluding carboxylic acids is 1. The van der Waals surface area contributed by atoms with E-state index in [-0.39, 0.29) is 5.91 Å². The van der Waals surface area contributed by atoms with Crippen molar-refractivity contribution >= 4 is 63.3 Å². The average molecular weight is 348 g/mol. The molecule has 2 aromatic rings. The van der Waals surface area contributed by atoms with E-state index in [1.807, 2.05) is 0 Å². The van der Waals surface area contributed by atoms with E-state index >= 15 is 0 Å². The van der Waals surface area contributed by atoms with Gasteiger partial charge in [-0.15, -0.1) is 22.9 Å². The van der Waals surface area contributed by atoms with E-state index in [1.54, 1.807) is 29.7 Å². The molecule has 0 fully saturated rings. The van der Waals surface area contributed by atoms with Gasteiger partial charge in [-0.1, -0.05) is 29.3 Å². The van der Waals surface area contributed by atoms with Gasteiger partial charge in [-0.05, 0) is 23.8 Å². The maximum absolute atomic E-state index is 11.7. The summed E-state index contributed by atoms with van der Waals surface area (Å²) in [6, 6.07) is 5.07. The van der Waals surface area contributed by atoms with Crippen LogP contribution in [0.1, 0.15) is 11.3 Å². The van der Waals surface area contributed by atoms with Gasteiger partial charge in [0.2, 0.25) is 5.91 Å². The van der Waals surface area contributed by atoms with Crippen molar-refractivity contribution in [2.75, 3.05) is 5.32 Å². The summed E-state index contributed by atoms with van der Waals surface area (Å²) in [5.41, 5.74) is 1.45. The minimum absolute atomic E-state index is 0.286. The van der Waals surface area contributed by atoms with Gasteiger partial charge in [0.05, 0.1) is 11.6 Å². The molecule has 1 aromatic carbocycles. The van der Waals surface area contributed by atoms with Crippen LogP contribution in [0.2, 0.25) is 10.0 Å². The highest BCUT2D eigenvalue weighted by molar-refractivity contribution is 7.14. The molecular formula is C13H9Cl3N2OS. The van der Waals surface area contributed by atoms with E-state index < -0.39 is 0 Å². The van der Waals surface area contributed by atoms with E-state index in [2.05, 4.69) is 10.3 Å². The highest BCUT2D eigenvalue weighted by Gasteiger charge is 2.04. The molecule has 7 heteroatoms. The van der Waals surface area contributed by atoms with Crippen LogP contribution >= 0.6 is 46.1 Å². The number of hydrogen-bond acceptors (Lipinski definition) is 3. The van der Waals surface area contributed by atoms with E-state index in [4.69, 9.17) is 34.8 Å². The highest BCUT2D eigenvalue weighted by Crippen LogP contribution is 2.22. The standard InChI is InChI=1S/C13H9Cl3N2OS/c14-6-10-7-20-13(17-10)18-12(19)4-2-8-1-3-9(15)5-11(8)16/h1-5,7H,6H2,(H,17,18,19)/b4-2+. The molecule has 0 aliphatic rings. The lowest BCUT2D eigenvalue weighted by atomic mass is 10.2. The summed E-state index contributed by atoms with van der Waals surface area (Å²) in [4.78, 5) is 15.9. The first kappa shape index (κ1) is 15.3. The first-order valence-corrected chi connectivity index (χ1v) is 7.70. The van der Waals surface area contributed by atoms with E-state index in [0.717, 1.165) is 5.69 Å².